The Balaban J connectivity index is 1.91. The van der Waals surface area contributed by atoms with E-state index in [-0.39, 0.29) is 42.5 Å². The number of rotatable bonds is 6. The third kappa shape index (κ3) is 4.27. The van der Waals surface area contributed by atoms with Crippen LogP contribution in [0.2, 0.25) is 0 Å². The first kappa shape index (κ1) is 19.6. The molecule has 26 heavy (non-hydrogen) atoms. The first-order valence-electron chi connectivity index (χ1n) is 8.52. The van der Waals surface area contributed by atoms with Gasteiger partial charge >= 0.3 is 12.0 Å². The Labute approximate surface area is 150 Å². The molecule has 0 aromatic carbocycles. The fourth-order valence-electron chi connectivity index (χ4n) is 3.18. The summed E-state index contributed by atoms with van der Waals surface area (Å²) >= 11 is 0. The third-order valence-electron chi connectivity index (χ3n) is 4.51. The van der Waals surface area contributed by atoms with Gasteiger partial charge in [-0.25, -0.2) is 4.79 Å². The average Bonchev–Trinajstić information content (AvgIpc) is 2.81. The summed E-state index contributed by atoms with van der Waals surface area (Å²) in [5, 5.41) is 1.87. The summed E-state index contributed by atoms with van der Waals surface area (Å²) in [5.41, 5.74) is 4.89. The lowest BCUT2D eigenvalue weighted by Gasteiger charge is -2.20. The molecule has 9 heteroatoms. The molecule has 3 atom stereocenters. The molecule has 3 N–H and O–H groups in total. The zero-order valence-corrected chi connectivity index (χ0v) is 14.8. The van der Waals surface area contributed by atoms with Crippen molar-refractivity contribution < 1.29 is 28.7 Å². The summed E-state index contributed by atoms with van der Waals surface area (Å²) in [6.45, 7) is 3.19. The number of likely N-dealkylation sites (tertiary alicyclic amines) is 1. The van der Waals surface area contributed by atoms with Crippen molar-refractivity contribution in [2.24, 2.45) is 23.5 Å². The zero-order chi connectivity index (χ0) is 19.4. The van der Waals surface area contributed by atoms with Crippen LogP contribution in [0.1, 0.15) is 33.1 Å². The Bertz CT molecular complexity index is 631. The van der Waals surface area contributed by atoms with Gasteiger partial charge in [-0.2, -0.15) is 0 Å². The highest BCUT2D eigenvalue weighted by molar-refractivity contribution is 6.05. The fourth-order valence-corrected chi connectivity index (χ4v) is 3.18. The number of carbonyl (C=O) groups is 5. The molecule has 1 aliphatic heterocycles. The van der Waals surface area contributed by atoms with Crippen LogP contribution in [0.15, 0.2) is 12.2 Å². The van der Waals surface area contributed by atoms with Crippen LogP contribution in [-0.4, -0.2) is 47.3 Å². The summed E-state index contributed by atoms with van der Waals surface area (Å²) in [5.74, 6) is -3.19. The van der Waals surface area contributed by atoms with Crippen LogP contribution in [0.5, 0.6) is 0 Å². The summed E-state index contributed by atoms with van der Waals surface area (Å²) in [6.07, 6.45) is 3.41. The highest BCUT2D eigenvalue weighted by Gasteiger charge is 2.47. The smallest absolute Gasteiger partial charge is 0.318 e. The molecular formula is C17H23N3O6. The van der Waals surface area contributed by atoms with E-state index in [9.17, 15) is 24.0 Å². The molecule has 1 heterocycles. The van der Waals surface area contributed by atoms with Crippen LogP contribution in [0, 0.1) is 17.8 Å². The van der Waals surface area contributed by atoms with Crippen molar-refractivity contribution in [3.63, 3.8) is 0 Å². The molecule has 5 amide bonds. The fraction of sp³-hybridized carbons (Fsp3) is 0.588. The van der Waals surface area contributed by atoms with Crippen molar-refractivity contribution in [3.8, 4) is 0 Å². The van der Waals surface area contributed by atoms with E-state index in [1.165, 1.54) is 0 Å². The number of carbonyl (C=O) groups excluding carboxylic acids is 5. The molecule has 0 saturated carbocycles. The quantitative estimate of drug-likeness (QED) is 0.389. The first-order chi connectivity index (χ1) is 12.2. The van der Waals surface area contributed by atoms with Gasteiger partial charge in [0.15, 0.2) is 6.10 Å². The number of nitrogens with one attached hydrogen (secondary N) is 1. The van der Waals surface area contributed by atoms with Crippen LogP contribution in [0.25, 0.3) is 0 Å². The minimum Gasteiger partial charge on any atom is -0.452 e. The molecule has 9 nitrogen and oxygen atoms in total. The van der Waals surface area contributed by atoms with Gasteiger partial charge in [-0.1, -0.05) is 26.0 Å². The first-order valence-corrected chi connectivity index (χ1v) is 8.52. The summed E-state index contributed by atoms with van der Waals surface area (Å²) in [7, 11) is 0. The van der Waals surface area contributed by atoms with Crippen molar-refractivity contribution in [2.75, 3.05) is 6.54 Å². The highest BCUT2D eigenvalue weighted by Crippen LogP contribution is 2.35. The van der Waals surface area contributed by atoms with Crippen LogP contribution in [0.4, 0.5) is 4.79 Å². The number of nitrogens with zero attached hydrogens (tertiary/aromatic N) is 1. The zero-order valence-electron chi connectivity index (χ0n) is 14.8. The summed E-state index contributed by atoms with van der Waals surface area (Å²) in [4.78, 5) is 60.4. The lowest BCUT2D eigenvalue weighted by molar-refractivity contribution is -0.159. The van der Waals surface area contributed by atoms with Crippen LogP contribution >= 0.6 is 0 Å². The van der Waals surface area contributed by atoms with Crippen LogP contribution in [-0.2, 0) is 23.9 Å². The Morgan fingerprint density at radius 2 is 1.73 bits per heavy atom. The molecular weight excluding hydrogens is 342 g/mol. The molecule has 142 valence electrons. The van der Waals surface area contributed by atoms with Gasteiger partial charge in [-0.3, -0.25) is 29.4 Å². The minimum atomic E-state index is -1.19. The number of ether oxygens (including phenoxy) is 1. The predicted octanol–water partition coefficient (Wildman–Crippen LogP) is 0.0904. The van der Waals surface area contributed by atoms with Crippen LogP contribution in [0.3, 0.4) is 0 Å². The maximum atomic E-state index is 12.3. The Morgan fingerprint density at radius 3 is 2.19 bits per heavy atom. The predicted molar refractivity (Wildman–Crippen MR) is 89.1 cm³/mol. The number of primary amides is 1. The number of fused-ring (bicyclic) bond motifs is 1. The van der Waals surface area contributed by atoms with E-state index in [1.54, 1.807) is 13.8 Å². The standard InChI is InChI=1S/C17H23N3O6/c1-9(2)13(14(22)19-17(18)25)26-12(21)7-8-20-15(23)10-5-3-4-6-11(10)16(20)24/h3-4,9-11,13H,5-8H2,1-2H3,(H3,18,19,22,25)/t10-,11-,13-/m0/s1. The number of allylic oxidation sites excluding steroid dienone is 2. The number of hydrogen-bond donors (Lipinski definition) is 2. The monoisotopic (exact) mass is 365 g/mol. The molecule has 0 bridgehead atoms. The van der Waals surface area contributed by atoms with Gasteiger partial charge in [0.05, 0.1) is 18.3 Å². The van der Waals surface area contributed by atoms with Crippen molar-refractivity contribution >= 4 is 29.7 Å². The third-order valence-corrected chi connectivity index (χ3v) is 4.51. The lowest BCUT2D eigenvalue weighted by atomic mass is 9.85. The summed E-state index contributed by atoms with van der Waals surface area (Å²) < 4.78 is 5.10. The van der Waals surface area contributed by atoms with E-state index < -0.39 is 24.0 Å². The van der Waals surface area contributed by atoms with E-state index >= 15 is 0 Å². The number of nitrogens with two attached hydrogens (primary N) is 1. The van der Waals surface area contributed by atoms with Gasteiger partial charge in [0.25, 0.3) is 5.91 Å². The Hall–Kier alpha value is -2.71. The Kier molecular flexibility index (Phi) is 6.12. The molecule has 0 aromatic rings. The van der Waals surface area contributed by atoms with Gasteiger partial charge in [0, 0.05) is 6.54 Å². The molecule has 1 fully saturated rings. The Morgan fingerprint density at radius 1 is 1.19 bits per heavy atom. The molecule has 1 saturated heterocycles. The second-order valence-corrected chi connectivity index (χ2v) is 6.74. The van der Waals surface area contributed by atoms with E-state index in [1.807, 2.05) is 17.5 Å². The largest absolute Gasteiger partial charge is 0.452 e. The molecule has 2 aliphatic rings. The van der Waals surface area contributed by atoms with E-state index in [0.29, 0.717) is 12.8 Å². The van der Waals surface area contributed by atoms with Crippen molar-refractivity contribution in [1.82, 2.24) is 10.2 Å². The second kappa shape index (κ2) is 8.11. The average molecular weight is 365 g/mol. The van der Waals surface area contributed by atoms with Gasteiger partial charge < -0.3 is 10.5 Å². The topological polar surface area (TPSA) is 136 Å². The van der Waals surface area contributed by atoms with Gasteiger partial charge in [0.2, 0.25) is 11.8 Å². The lowest BCUT2D eigenvalue weighted by Crippen LogP contribution is -2.45. The van der Waals surface area contributed by atoms with Gasteiger partial charge in [0.1, 0.15) is 0 Å². The molecule has 0 spiro atoms. The molecule has 0 unspecified atom stereocenters. The number of imide groups is 2. The van der Waals surface area contributed by atoms with E-state index in [0.717, 1.165) is 4.90 Å². The number of urea groups is 1. The molecule has 0 radical (unpaired) electrons. The maximum absolute atomic E-state index is 12.3. The highest BCUT2D eigenvalue weighted by atomic mass is 16.5. The minimum absolute atomic E-state index is 0.0915. The molecule has 1 aliphatic carbocycles. The van der Waals surface area contributed by atoms with Crippen molar-refractivity contribution in [2.45, 2.75) is 39.2 Å². The normalized spacial score (nSPS) is 23.0. The van der Waals surface area contributed by atoms with Gasteiger partial charge in [-0.15, -0.1) is 0 Å². The molecule has 0 aromatic heterocycles. The van der Waals surface area contributed by atoms with Crippen LogP contribution < -0.4 is 11.1 Å². The number of amides is 5. The number of hydrogen-bond acceptors (Lipinski definition) is 6. The molecule has 2 rings (SSSR count). The number of esters is 1. The van der Waals surface area contributed by atoms with Crippen molar-refractivity contribution in [3.05, 3.63) is 12.2 Å². The summed E-state index contributed by atoms with van der Waals surface area (Å²) in [6, 6.07) is -1.04. The van der Waals surface area contributed by atoms with E-state index in [2.05, 4.69) is 0 Å². The SMILES string of the molecule is CC(C)[C@H](OC(=O)CCN1C(=O)[C@H]2CC=CC[C@@H]2C1=O)C(=O)NC(N)=O. The van der Waals surface area contributed by atoms with Gasteiger partial charge in [-0.05, 0) is 18.8 Å². The second-order valence-electron chi connectivity index (χ2n) is 6.74. The maximum Gasteiger partial charge on any atom is 0.318 e. The van der Waals surface area contributed by atoms with Crippen molar-refractivity contribution in [1.29, 1.82) is 0 Å². The van der Waals surface area contributed by atoms with E-state index in [4.69, 9.17) is 10.5 Å².